The summed E-state index contributed by atoms with van der Waals surface area (Å²) in [5.41, 5.74) is 1.13. The molecule has 1 aliphatic heterocycles. The summed E-state index contributed by atoms with van der Waals surface area (Å²) < 4.78 is 37.7. The van der Waals surface area contributed by atoms with Gasteiger partial charge in [-0.3, -0.25) is 4.90 Å². The summed E-state index contributed by atoms with van der Waals surface area (Å²) in [6, 6.07) is 7.06. The molecular formula is C24H32N6O5S. The van der Waals surface area contributed by atoms with E-state index in [0.717, 1.165) is 10.9 Å². The van der Waals surface area contributed by atoms with Crippen molar-refractivity contribution in [2.24, 2.45) is 5.92 Å². The number of rotatable bonds is 8. The highest BCUT2D eigenvalue weighted by molar-refractivity contribution is 7.89. The van der Waals surface area contributed by atoms with E-state index in [1.807, 2.05) is 38.1 Å². The van der Waals surface area contributed by atoms with Crippen LogP contribution in [-0.4, -0.2) is 78.0 Å². The van der Waals surface area contributed by atoms with Crippen molar-refractivity contribution < 1.29 is 22.5 Å². The lowest BCUT2D eigenvalue weighted by atomic mass is 10.0. The SMILES string of the molecule is COC(=O)[C@@H](Nc1nc(CN2CCN(S(=O)(=O)c3c(C)noc3C)CC2)nc2ccccc12)C(C)C. The Morgan fingerprint density at radius 1 is 1.14 bits per heavy atom. The monoisotopic (exact) mass is 516 g/mol. The van der Waals surface area contributed by atoms with Crippen molar-refractivity contribution in [3.8, 4) is 0 Å². The first kappa shape index (κ1) is 26.0. The average molecular weight is 517 g/mol. The van der Waals surface area contributed by atoms with Gasteiger partial charge in [0.25, 0.3) is 0 Å². The maximum absolute atomic E-state index is 13.1. The number of hydrogen-bond acceptors (Lipinski definition) is 10. The highest BCUT2D eigenvalue weighted by atomic mass is 32.2. The molecule has 2 aromatic heterocycles. The fraction of sp³-hybridized carbons (Fsp3) is 0.500. The number of methoxy groups -OCH3 is 1. The molecule has 1 saturated heterocycles. The van der Waals surface area contributed by atoms with E-state index in [4.69, 9.17) is 19.2 Å². The Morgan fingerprint density at radius 2 is 1.83 bits per heavy atom. The van der Waals surface area contributed by atoms with Gasteiger partial charge < -0.3 is 14.6 Å². The predicted molar refractivity (Wildman–Crippen MR) is 134 cm³/mol. The number of fused-ring (bicyclic) bond motifs is 1. The zero-order valence-corrected chi connectivity index (χ0v) is 22.0. The fourth-order valence-electron chi connectivity index (χ4n) is 4.38. The Hall–Kier alpha value is -3.09. The van der Waals surface area contributed by atoms with E-state index in [-0.39, 0.29) is 16.8 Å². The quantitative estimate of drug-likeness (QED) is 0.445. The van der Waals surface area contributed by atoms with Crippen LogP contribution in [0.15, 0.2) is 33.7 Å². The lowest BCUT2D eigenvalue weighted by Crippen LogP contribution is -2.48. The molecule has 4 rings (SSSR count). The third kappa shape index (κ3) is 5.20. The summed E-state index contributed by atoms with van der Waals surface area (Å²) in [5, 5.41) is 7.85. The van der Waals surface area contributed by atoms with Gasteiger partial charge in [0.15, 0.2) is 5.76 Å². The van der Waals surface area contributed by atoms with Gasteiger partial charge in [-0.2, -0.15) is 4.31 Å². The summed E-state index contributed by atoms with van der Waals surface area (Å²) in [4.78, 5) is 24.1. The number of aromatic nitrogens is 3. The lowest BCUT2D eigenvalue weighted by Gasteiger charge is -2.33. The smallest absolute Gasteiger partial charge is 0.328 e. The summed E-state index contributed by atoms with van der Waals surface area (Å²) in [5.74, 6) is 1.09. The molecule has 12 heteroatoms. The maximum atomic E-state index is 13.1. The number of carbonyl (C=O) groups is 1. The zero-order chi connectivity index (χ0) is 26.0. The van der Waals surface area contributed by atoms with Crippen LogP contribution in [-0.2, 0) is 26.1 Å². The van der Waals surface area contributed by atoms with Crippen LogP contribution in [0.5, 0.6) is 0 Å². The number of ether oxygens (including phenoxy) is 1. The molecule has 1 aliphatic rings. The Balaban J connectivity index is 1.52. The van der Waals surface area contributed by atoms with Gasteiger partial charge in [-0.05, 0) is 31.9 Å². The van der Waals surface area contributed by atoms with Gasteiger partial charge in [-0.25, -0.2) is 23.2 Å². The van der Waals surface area contributed by atoms with Crippen molar-refractivity contribution in [1.29, 1.82) is 0 Å². The number of piperazine rings is 1. The average Bonchev–Trinajstić information content (AvgIpc) is 3.20. The van der Waals surface area contributed by atoms with E-state index < -0.39 is 16.1 Å². The second kappa shape index (κ2) is 10.5. The van der Waals surface area contributed by atoms with E-state index >= 15 is 0 Å². The largest absolute Gasteiger partial charge is 0.467 e. The number of hydrogen-bond donors (Lipinski definition) is 1. The summed E-state index contributed by atoms with van der Waals surface area (Å²) in [6.07, 6.45) is 0. The third-order valence-corrected chi connectivity index (χ3v) is 8.47. The molecule has 0 bridgehead atoms. The van der Waals surface area contributed by atoms with Gasteiger partial charge in [-0.1, -0.05) is 31.1 Å². The van der Waals surface area contributed by atoms with Crippen LogP contribution in [0, 0.1) is 19.8 Å². The Labute approximate surface area is 210 Å². The molecule has 0 saturated carbocycles. The van der Waals surface area contributed by atoms with Gasteiger partial charge in [0, 0.05) is 31.6 Å². The number of nitrogens with one attached hydrogen (secondary N) is 1. The van der Waals surface area contributed by atoms with E-state index in [1.165, 1.54) is 11.4 Å². The van der Waals surface area contributed by atoms with Crippen molar-refractivity contribution in [3.63, 3.8) is 0 Å². The second-order valence-corrected chi connectivity index (χ2v) is 11.1. The number of benzene rings is 1. The number of carbonyl (C=O) groups excluding carboxylic acids is 1. The first-order valence-electron chi connectivity index (χ1n) is 11.9. The molecule has 36 heavy (non-hydrogen) atoms. The van der Waals surface area contributed by atoms with Crippen LogP contribution in [0.4, 0.5) is 5.82 Å². The van der Waals surface area contributed by atoms with Crippen LogP contribution in [0.25, 0.3) is 10.9 Å². The molecule has 1 fully saturated rings. The molecule has 1 atom stereocenters. The van der Waals surface area contributed by atoms with Crippen LogP contribution < -0.4 is 5.32 Å². The maximum Gasteiger partial charge on any atom is 0.328 e. The zero-order valence-electron chi connectivity index (χ0n) is 21.2. The third-order valence-electron chi connectivity index (χ3n) is 6.33. The molecule has 0 aliphatic carbocycles. The van der Waals surface area contributed by atoms with Gasteiger partial charge >= 0.3 is 5.97 Å². The first-order valence-corrected chi connectivity index (χ1v) is 13.3. The Bertz CT molecular complexity index is 1330. The number of aryl methyl sites for hydroxylation is 2. The van der Waals surface area contributed by atoms with Crippen molar-refractivity contribution in [2.45, 2.75) is 45.2 Å². The van der Waals surface area contributed by atoms with E-state index in [0.29, 0.717) is 55.8 Å². The fourth-order valence-corrected chi connectivity index (χ4v) is 6.09. The normalized spacial score (nSPS) is 16.4. The van der Waals surface area contributed by atoms with Gasteiger partial charge in [0.05, 0.1) is 19.2 Å². The van der Waals surface area contributed by atoms with Crippen LogP contribution in [0.2, 0.25) is 0 Å². The molecule has 1 aromatic carbocycles. The molecule has 3 heterocycles. The number of anilines is 1. The molecule has 3 aromatic rings. The van der Waals surface area contributed by atoms with Crippen LogP contribution >= 0.6 is 0 Å². The van der Waals surface area contributed by atoms with Crippen LogP contribution in [0.3, 0.4) is 0 Å². The van der Waals surface area contributed by atoms with Crippen LogP contribution in [0.1, 0.15) is 31.1 Å². The van der Waals surface area contributed by atoms with E-state index in [9.17, 15) is 13.2 Å². The topological polar surface area (TPSA) is 131 Å². The molecule has 0 amide bonds. The first-order chi connectivity index (χ1) is 17.1. The number of para-hydroxylation sites is 1. The summed E-state index contributed by atoms with van der Waals surface area (Å²) in [6.45, 7) is 9.29. The molecule has 0 radical (unpaired) electrons. The predicted octanol–water partition coefficient (Wildman–Crippen LogP) is 2.35. The Morgan fingerprint density at radius 3 is 2.44 bits per heavy atom. The van der Waals surface area contributed by atoms with Gasteiger partial charge in [0.2, 0.25) is 10.0 Å². The van der Waals surface area contributed by atoms with Gasteiger partial charge in [-0.15, -0.1) is 0 Å². The highest BCUT2D eigenvalue weighted by Gasteiger charge is 2.33. The van der Waals surface area contributed by atoms with Crippen molar-refractivity contribution in [2.75, 3.05) is 38.6 Å². The molecule has 11 nitrogen and oxygen atoms in total. The number of nitrogens with zero attached hydrogens (tertiary/aromatic N) is 5. The lowest BCUT2D eigenvalue weighted by molar-refractivity contribution is -0.142. The number of sulfonamides is 1. The summed E-state index contributed by atoms with van der Waals surface area (Å²) >= 11 is 0. The Kier molecular flexibility index (Phi) is 7.57. The highest BCUT2D eigenvalue weighted by Crippen LogP contribution is 2.26. The van der Waals surface area contributed by atoms with Crippen molar-refractivity contribution in [1.82, 2.24) is 24.3 Å². The van der Waals surface area contributed by atoms with Crippen molar-refractivity contribution in [3.05, 3.63) is 41.5 Å². The minimum absolute atomic E-state index is 0.0117. The number of esters is 1. The molecule has 1 N–H and O–H groups in total. The summed E-state index contributed by atoms with van der Waals surface area (Å²) in [7, 11) is -2.31. The second-order valence-electron chi connectivity index (χ2n) is 9.23. The molecule has 0 spiro atoms. The van der Waals surface area contributed by atoms with E-state index in [1.54, 1.807) is 13.8 Å². The molecule has 0 unspecified atom stereocenters. The minimum Gasteiger partial charge on any atom is -0.467 e. The van der Waals surface area contributed by atoms with E-state index in [2.05, 4.69) is 15.4 Å². The molecule has 194 valence electrons. The van der Waals surface area contributed by atoms with Gasteiger partial charge in [0.1, 0.15) is 28.3 Å². The molecular weight excluding hydrogens is 484 g/mol. The minimum atomic E-state index is -3.68. The van der Waals surface area contributed by atoms with Crippen molar-refractivity contribution >= 4 is 32.7 Å². The standard InChI is InChI=1S/C24H32N6O5S/c1-15(2)21(24(31)34-5)27-23-18-8-6-7-9-19(18)25-20(26-23)14-29-10-12-30(13-11-29)36(32,33)22-16(3)28-35-17(22)4/h6-9,15,21H,10-14H2,1-5H3,(H,25,26,27)/t21-/m0/s1.